The number of piperidine rings is 1. The molecule has 2 aromatic rings. The number of aromatic nitrogens is 1. The number of pyridine rings is 1. The van der Waals surface area contributed by atoms with Crippen LogP contribution >= 0.6 is 0 Å². The standard InChI is InChI=1S/C19H25N3O2.2C2HF3O2/c1-2-7-20-18(3-1)14-22-10-12-24-19(16-22)5-8-21(9-6-19)13-17-4-11-23-15-17;2*3-2(4,5)1(6)7/h1-4,7,11,15H,5-6,8-10,12-14,16H2;2*(H,6,7). The second kappa shape index (κ2) is 13.6. The first-order chi connectivity index (χ1) is 17.7. The molecule has 4 rings (SSSR count). The molecule has 2 fully saturated rings. The van der Waals surface area contributed by atoms with E-state index in [-0.39, 0.29) is 5.60 Å². The average Bonchev–Trinajstić information content (AvgIpc) is 3.34. The van der Waals surface area contributed by atoms with Crippen LogP contribution in [0.25, 0.3) is 0 Å². The van der Waals surface area contributed by atoms with Gasteiger partial charge in [0.1, 0.15) is 0 Å². The number of ether oxygens (including phenoxy) is 1. The Bertz CT molecular complexity index is 969. The molecule has 2 N–H and O–H groups in total. The van der Waals surface area contributed by atoms with E-state index in [1.165, 1.54) is 5.56 Å². The van der Waals surface area contributed by atoms with E-state index in [0.717, 1.165) is 64.4 Å². The molecular formula is C23H27F6N3O6. The summed E-state index contributed by atoms with van der Waals surface area (Å²) in [6.07, 6.45) is -2.50. The molecule has 0 aliphatic carbocycles. The van der Waals surface area contributed by atoms with Crippen molar-refractivity contribution in [3.8, 4) is 0 Å². The SMILES string of the molecule is O=C(O)C(F)(F)F.O=C(O)C(F)(F)F.c1ccc(CN2CCOC3(CCN(Cc4ccoc4)CC3)C2)nc1. The number of morpholine rings is 1. The summed E-state index contributed by atoms with van der Waals surface area (Å²) >= 11 is 0. The third-order valence-electron chi connectivity index (χ3n) is 5.68. The minimum absolute atomic E-state index is 0.0277. The summed E-state index contributed by atoms with van der Waals surface area (Å²) in [6, 6.07) is 8.19. The Morgan fingerprint density at radius 3 is 2.00 bits per heavy atom. The zero-order chi connectivity index (χ0) is 28.4. The van der Waals surface area contributed by atoms with Crippen molar-refractivity contribution < 1.29 is 55.3 Å². The summed E-state index contributed by atoms with van der Waals surface area (Å²) in [4.78, 5) is 27.2. The van der Waals surface area contributed by atoms with Crippen LogP contribution in [-0.2, 0) is 27.4 Å². The molecule has 212 valence electrons. The van der Waals surface area contributed by atoms with Crippen LogP contribution in [0.2, 0.25) is 0 Å². The molecule has 0 radical (unpaired) electrons. The second-order valence-electron chi connectivity index (χ2n) is 8.58. The fourth-order valence-corrected chi connectivity index (χ4v) is 3.84. The molecule has 2 saturated heterocycles. The van der Waals surface area contributed by atoms with Gasteiger partial charge < -0.3 is 19.4 Å². The monoisotopic (exact) mass is 555 g/mol. The Hall–Kier alpha value is -3.17. The van der Waals surface area contributed by atoms with Crippen molar-refractivity contribution >= 4 is 11.9 Å². The molecule has 2 aromatic heterocycles. The highest BCUT2D eigenvalue weighted by molar-refractivity contribution is 5.73. The lowest BCUT2D eigenvalue weighted by atomic mass is 9.89. The van der Waals surface area contributed by atoms with E-state index in [4.69, 9.17) is 29.0 Å². The third-order valence-corrected chi connectivity index (χ3v) is 5.68. The van der Waals surface area contributed by atoms with Crippen LogP contribution in [0.4, 0.5) is 26.3 Å². The maximum Gasteiger partial charge on any atom is 0.490 e. The summed E-state index contributed by atoms with van der Waals surface area (Å²) in [6.45, 7) is 6.91. The molecule has 0 aromatic carbocycles. The molecule has 38 heavy (non-hydrogen) atoms. The number of alkyl halides is 6. The van der Waals surface area contributed by atoms with Crippen molar-refractivity contribution in [1.29, 1.82) is 0 Å². The highest BCUT2D eigenvalue weighted by Gasteiger charge is 2.40. The molecule has 2 aliphatic rings. The van der Waals surface area contributed by atoms with E-state index < -0.39 is 24.3 Å². The summed E-state index contributed by atoms with van der Waals surface area (Å²) in [7, 11) is 0. The Morgan fingerprint density at radius 1 is 0.921 bits per heavy atom. The van der Waals surface area contributed by atoms with Crippen molar-refractivity contribution in [2.45, 2.75) is 43.9 Å². The van der Waals surface area contributed by atoms with Crippen LogP contribution < -0.4 is 0 Å². The van der Waals surface area contributed by atoms with Gasteiger partial charge in [-0.3, -0.25) is 14.8 Å². The number of aliphatic carboxylic acids is 2. The van der Waals surface area contributed by atoms with Crippen molar-refractivity contribution in [3.05, 3.63) is 54.2 Å². The second-order valence-corrected chi connectivity index (χ2v) is 8.58. The number of furan rings is 1. The molecule has 0 saturated carbocycles. The van der Waals surface area contributed by atoms with Gasteiger partial charge in [-0.25, -0.2) is 9.59 Å². The van der Waals surface area contributed by atoms with Crippen molar-refractivity contribution in [1.82, 2.24) is 14.8 Å². The predicted octanol–water partition coefficient (Wildman–Crippen LogP) is 3.81. The van der Waals surface area contributed by atoms with Crippen LogP contribution in [0.3, 0.4) is 0 Å². The summed E-state index contributed by atoms with van der Waals surface area (Å²) < 4.78 is 74.9. The Morgan fingerprint density at radius 2 is 1.53 bits per heavy atom. The fraction of sp³-hybridized carbons (Fsp3) is 0.522. The molecule has 9 nitrogen and oxygen atoms in total. The van der Waals surface area contributed by atoms with Gasteiger partial charge in [-0.2, -0.15) is 26.3 Å². The van der Waals surface area contributed by atoms with Gasteiger partial charge in [0.15, 0.2) is 0 Å². The first kappa shape index (κ1) is 31.1. The molecule has 1 spiro atoms. The number of likely N-dealkylation sites (tertiary alicyclic amines) is 1. The van der Waals surface area contributed by atoms with E-state index in [9.17, 15) is 26.3 Å². The van der Waals surface area contributed by atoms with Gasteiger partial charge in [0, 0.05) is 51.0 Å². The van der Waals surface area contributed by atoms with Crippen LogP contribution in [0.15, 0.2) is 47.4 Å². The van der Waals surface area contributed by atoms with E-state index >= 15 is 0 Å². The van der Waals surface area contributed by atoms with Gasteiger partial charge in [0.2, 0.25) is 0 Å². The maximum absolute atomic E-state index is 10.6. The number of carboxylic acids is 2. The normalized spacial score (nSPS) is 18.1. The largest absolute Gasteiger partial charge is 0.490 e. The number of carboxylic acid groups (broad SMARTS) is 2. The van der Waals surface area contributed by atoms with Crippen LogP contribution in [0.5, 0.6) is 0 Å². The molecule has 0 atom stereocenters. The minimum Gasteiger partial charge on any atom is -0.475 e. The number of halogens is 6. The van der Waals surface area contributed by atoms with Gasteiger partial charge in [-0.15, -0.1) is 0 Å². The maximum atomic E-state index is 10.6. The number of carbonyl (C=O) groups is 2. The lowest BCUT2D eigenvalue weighted by Gasteiger charge is -2.47. The topological polar surface area (TPSA) is 116 Å². The quantitative estimate of drug-likeness (QED) is 0.544. The smallest absolute Gasteiger partial charge is 0.475 e. The molecule has 4 heterocycles. The van der Waals surface area contributed by atoms with E-state index in [2.05, 4.69) is 33.0 Å². The van der Waals surface area contributed by atoms with E-state index in [0.29, 0.717) is 0 Å². The molecule has 0 bridgehead atoms. The fourth-order valence-electron chi connectivity index (χ4n) is 3.84. The van der Waals surface area contributed by atoms with Gasteiger partial charge in [-0.1, -0.05) is 6.07 Å². The highest BCUT2D eigenvalue weighted by Crippen LogP contribution is 2.31. The van der Waals surface area contributed by atoms with Crippen LogP contribution in [0.1, 0.15) is 24.1 Å². The van der Waals surface area contributed by atoms with Gasteiger partial charge in [0.05, 0.1) is 30.4 Å². The Labute approximate surface area is 213 Å². The molecule has 0 unspecified atom stereocenters. The number of hydrogen-bond donors (Lipinski definition) is 2. The van der Waals surface area contributed by atoms with Crippen molar-refractivity contribution in [3.63, 3.8) is 0 Å². The lowest BCUT2D eigenvalue weighted by Crippen LogP contribution is -2.56. The Balaban J connectivity index is 0.000000301. The molecule has 2 aliphatic heterocycles. The first-order valence-corrected chi connectivity index (χ1v) is 11.3. The molecule has 15 heteroatoms. The van der Waals surface area contributed by atoms with Gasteiger partial charge in [0.25, 0.3) is 0 Å². The third kappa shape index (κ3) is 10.7. The molecule has 0 amide bonds. The zero-order valence-corrected chi connectivity index (χ0v) is 20.0. The molecular weight excluding hydrogens is 528 g/mol. The zero-order valence-electron chi connectivity index (χ0n) is 20.0. The predicted molar refractivity (Wildman–Crippen MR) is 119 cm³/mol. The number of nitrogens with zero attached hydrogens (tertiary/aromatic N) is 3. The van der Waals surface area contributed by atoms with Crippen molar-refractivity contribution in [2.75, 3.05) is 32.8 Å². The summed E-state index contributed by atoms with van der Waals surface area (Å²) in [5, 5.41) is 14.2. The summed E-state index contributed by atoms with van der Waals surface area (Å²) in [5.41, 5.74) is 2.43. The number of hydrogen-bond acceptors (Lipinski definition) is 7. The van der Waals surface area contributed by atoms with Crippen LogP contribution in [0, 0.1) is 0 Å². The average molecular weight is 555 g/mol. The first-order valence-electron chi connectivity index (χ1n) is 11.3. The van der Waals surface area contributed by atoms with Gasteiger partial charge in [-0.05, 0) is 31.0 Å². The van der Waals surface area contributed by atoms with Crippen molar-refractivity contribution in [2.24, 2.45) is 0 Å². The summed E-state index contributed by atoms with van der Waals surface area (Å²) in [5.74, 6) is -5.51. The van der Waals surface area contributed by atoms with E-state index in [1.807, 2.05) is 18.5 Å². The lowest BCUT2D eigenvalue weighted by molar-refractivity contribution is -0.193. The van der Waals surface area contributed by atoms with E-state index in [1.54, 1.807) is 6.26 Å². The minimum atomic E-state index is -5.08. The highest BCUT2D eigenvalue weighted by atomic mass is 19.4. The number of rotatable bonds is 4. The Kier molecular flexibility index (Phi) is 11.1. The van der Waals surface area contributed by atoms with Crippen LogP contribution in [-0.4, -0.2) is 87.7 Å². The van der Waals surface area contributed by atoms with Gasteiger partial charge >= 0.3 is 24.3 Å².